The van der Waals surface area contributed by atoms with Crippen molar-refractivity contribution in [2.24, 2.45) is 5.41 Å². The number of aryl methyl sites for hydroxylation is 2. The number of methoxy groups -OCH3 is 1. The van der Waals surface area contributed by atoms with Gasteiger partial charge in [0.15, 0.2) is 5.13 Å². The third-order valence-electron chi connectivity index (χ3n) is 6.24. The molecule has 1 heterocycles. The Hall–Kier alpha value is -2.87. The Labute approximate surface area is 230 Å². The minimum absolute atomic E-state index is 0.128. The lowest BCUT2D eigenvalue weighted by molar-refractivity contribution is -0.135. The first-order valence-electron chi connectivity index (χ1n) is 11.9. The summed E-state index contributed by atoms with van der Waals surface area (Å²) >= 11 is 14.1. The minimum Gasteiger partial charge on any atom is -0.490 e. The van der Waals surface area contributed by atoms with Gasteiger partial charge in [-0.05, 0) is 60.4 Å². The van der Waals surface area contributed by atoms with Crippen LogP contribution in [-0.2, 0) is 28.8 Å². The third kappa shape index (κ3) is 6.17. The van der Waals surface area contributed by atoms with Crippen molar-refractivity contribution in [3.05, 3.63) is 73.3 Å². The van der Waals surface area contributed by atoms with Crippen LogP contribution in [-0.4, -0.2) is 29.1 Å². The first-order chi connectivity index (χ1) is 17.5. The second kappa shape index (κ2) is 10.9. The van der Waals surface area contributed by atoms with Crippen LogP contribution in [0.25, 0.3) is 17.3 Å². The molecule has 9 heteroatoms. The number of amides is 1. The van der Waals surface area contributed by atoms with E-state index >= 15 is 0 Å². The van der Waals surface area contributed by atoms with E-state index in [2.05, 4.69) is 44.3 Å². The number of ether oxygens (including phenoxy) is 1. The zero-order valence-corrected chi connectivity index (χ0v) is 23.4. The topological polar surface area (TPSA) is 88.5 Å². The number of benzene rings is 2. The van der Waals surface area contributed by atoms with Crippen molar-refractivity contribution in [2.75, 3.05) is 12.4 Å². The number of carbonyl (C=O) groups is 2. The molecular formula is C28H28Cl2N2O4S. The number of thiazole rings is 1. The Kier molecular flexibility index (Phi) is 7.97. The van der Waals surface area contributed by atoms with Crippen LogP contribution < -0.4 is 5.32 Å². The summed E-state index contributed by atoms with van der Waals surface area (Å²) in [5, 5.41) is 12.8. The molecule has 1 aliphatic rings. The summed E-state index contributed by atoms with van der Waals surface area (Å²) in [6.07, 6.45) is 5.19. The van der Waals surface area contributed by atoms with Gasteiger partial charge in [-0.15, -0.1) is 11.3 Å². The highest BCUT2D eigenvalue weighted by Gasteiger charge is 2.24. The number of halogens is 2. The second-order valence-electron chi connectivity index (χ2n) is 10.1. The van der Waals surface area contributed by atoms with Crippen LogP contribution in [0.3, 0.4) is 0 Å². The van der Waals surface area contributed by atoms with Gasteiger partial charge in [0.05, 0.1) is 22.8 Å². The zero-order chi connectivity index (χ0) is 26.9. The molecule has 0 atom stereocenters. The normalized spacial score (nSPS) is 13.1. The molecule has 0 radical (unpaired) electrons. The van der Waals surface area contributed by atoms with Crippen LogP contribution in [0.5, 0.6) is 0 Å². The van der Waals surface area contributed by atoms with Gasteiger partial charge < -0.3 is 9.84 Å². The SMILES string of the molecule is COC(=Cc1c(Cl)cc(C(=O)Nc2nc3c(s2)CCc2c(CCC(C)(C)C)cccc2-3)cc1Cl)C(=O)O. The highest BCUT2D eigenvalue weighted by atomic mass is 35.5. The molecule has 194 valence electrons. The fraction of sp³-hybridized carbons (Fsp3) is 0.321. The molecule has 0 saturated carbocycles. The maximum atomic E-state index is 13.0. The average Bonchev–Trinajstić information content (AvgIpc) is 3.24. The molecule has 6 nitrogen and oxygen atoms in total. The maximum Gasteiger partial charge on any atom is 0.371 e. The van der Waals surface area contributed by atoms with Gasteiger partial charge in [0, 0.05) is 21.6 Å². The van der Waals surface area contributed by atoms with Crippen LogP contribution >= 0.6 is 34.5 Å². The molecule has 2 N–H and O–H groups in total. The Balaban J connectivity index is 1.57. The molecule has 37 heavy (non-hydrogen) atoms. The van der Waals surface area contributed by atoms with Gasteiger partial charge in [-0.25, -0.2) is 9.78 Å². The minimum atomic E-state index is -1.26. The van der Waals surface area contributed by atoms with Crippen LogP contribution in [0.1, 0.15) is 59.1 Å². The van der Waals surface area contributed by atoms with Crippen molar-refractivity contribution in [3.63, 3.8) is 0 Å². The monoisotopic (exact) mass is 558 g/mol. The number of nitrogens with one attached hydrogen (secondary N) is 1. The van der Waals surface area contributed by atoms with Gasteiger partial charge in [0.1, 0.15) is 0 Å². The highest BCUT2D eigenvalue weighted by molar-refractivity contribution is 7.16. The van der Waals surface area contributed by atoms with E-state index in [1.54, 1.807) is 0 Å². The maximum absolute atomic E-state index is 13.0. The molecule has 1 amide bonds. The number of fused-ring (bicyclic) bond motifs is 3. The third-order valence-corrected chi connectivity index (χ3v) is 7.90. The summed E-state index contributed by atoms with van der Waals surface area (Å²) in [7, 11) is 1.24. The Bertz CT molecular complexity index is 1380. The van der Waals surface area contributed by atoms with E-state index in [0.717, 1.165) is 41.8 Å². The zero-order valence-electron chi connectivity index (χ0n) is 21.1. The van der Waals surface area contributed by atoms with Crippen LogP contribution in [0.15, 0.2) is 36.1 Å². The molecule has 3 aromatic rings. The number of aromatic nitrogens is 1. The Morgan fingerprint density at radius 2 is 1.89 bits per heavy atom. The number of hydrogen-bond acceptors (Lipinski definition) is 5. The summed E-state index contributed by atoms with van der Waals surface area (Å²) in [4.78, 5) is 30.2. The fourth-order valence-corrected chi connectivity index (χ4v) is 5.85. The molecule has 0 aliphatic heterocycles. The number of anilines is 1. The van der Waals surface area contributed by atoms with Crippen molar-refractivity contribution < 1.29 is 19.4 Å². The van der Waals surface area contributed by atoms with Gasteiger partial charge in [0.25, 0.3) is 5.91 Å². The quantitative estimate of drug-likeness (QED) is 0.231. The largest absolute Gasteiger partial charge is 0.490 e. The van der Waals surface area contributed by atoms with Crippen LogP contribution in [0.4, 0.5) is 5.13 Å². The molecule has 1 aromatic heterocycles. The standard InChI is InChI=1S/C28H28Cl2N2O4S/c1-28(2,3)11-10-15-6-5-7-18-17(15)8-9-23-24(18)31-27(37-23)32-25(33)16-12-20(29)19(21(30)13-16)14-22(36-4)26(34)35/h5-7,12-14H,8-11H2,1-4H3,(H,34,35)(H,31,32,33). The first-order valence-corrected chi connectivity index (χ1v) is 13.4. The molecule has 0 saturated heterocycles. The number of carboxylic acids is 1. The molecule has 0 spiro atoms. The molecule has 0 unspecified atom stereocenters. The molecule has 4 rings (SSSR count). The van der Waals surface area contributed by atoms with Gasteiger partial charge >= 0.3 is 5.97 Å². The lowest BCUT2D eigenvalue weighted by Crippen LogP contribution is -2.12. The van der Waals surface area contributed by atoms with Crippen molar-refractivity contribution in [1.82, 2.24) is 4.98 Å². The summed E-state index contributed by atoms with van der Waals surface area (Å²) < 4.78 is 4.84. The highest BCUT2D eigenvalue weighted by Crippen LogP contribution is 2.40. The molecule has 2 aromatic carbocycles. The lowest BCUT2D eigenvalue weighted by Gasteiger charge is -2.22. The predicted molar refractivity (Wildman–Crippen MR) is 150 cm³/mol. The van der Waals surface area contributed by atoms with Crippen LogP contribution in [0.2, 0.25) is 10.0 Å². The van der Waals surface area contributed by atoms with E-state index in [-0.39, 0.29) is 32.3 Å². The molecule has 0 bridgehead atoms. The van der Waals surface area contributed by atoms with E-state index in [9.17, 15) is 14.7 Å². The number of carbonyl (C=O) groups excluding carboxylic acids is 1. The number of rotatable bonds is 7. The first kappa shape index (κ1) is 27.2. The smallest absolute Gasteiger partial charge is 0.371 e. The summed E-state index contributed by atoms with van der Waals surface area (Å²) in [6, 6.07) is 9.28. The van der Waals surface area contributed by atoms with E-state index < -0.39 is 11.9 Å². The van der Waals surface area contributed by atoms with Crippen molar-refractivity contribution in [1.29, 1.82) is 0 Å². The number of aliphatic carboxylic acids is 1. The van der Waals surface area contributed by atoms with Gasteiger partial charge in [0.2, 0.25) is 5.76 Å². The van der Waals surface area contributed by atoms with E-state index in [1.165, 1.54) is 47.8 Å². The van der Waals surface area contributed by atoms with E-state index in [4.69, 9.17) is 32.9 Å². The summed E-state index contributed by atoms with van der Waals surface area (Å²) in [6.45, 7) is 6.77. The lowest BCUT2D eigenvalue weighted by atomic mass is 9.84. The van der Waals surface area contributed by atoms with Gasteiger partial charge in [-0.2, -0.15) is 0 Å². The van der Waals surface area contributed by atoms with Crippen molar-refractivity contribution >= 4 is 57.6 Å². The van der Waals surface area contributed by atoms with Crippen molar-refractivity contribution in [3.8, 4) is 11.3 Å². The van der Waals surface area contributed by atoms with E-state index in [0.29, 0.717) is 5.13 Å². The van der Waals surface area contributed by atoms with E-state index in [1.807, 2.05) is 0 Å². The molecule has 0 fully saturated rings. The summed E-state index contributed by atoms with van der Waals surface area (Å²) in [5.41, 5.74) is 5.54. The number of hydrogen-bond donors (Lipinski definition) is 2. The average molecular weight is 560 g/mol. The van der Waals surface area contributed by atoms with Crippen LogP contribution in [0, 0.1) is 5.41 Å². The molecular weight excluding hydrogens is 531 g/mol. The van der Waals surface area contributed by atoms with Gasteiger partial charge in [-0.1, -0.05) is 62.2 Å². The van der Waals surface area contributed by atoms with Gasteiger partial charge in [-0.3, -0.25) is 10.1 Å². The fourth-order valence-electron chi connectivity index (χ4n) is 4.28. The predicted octanol–water partition coefficient (Wildman–Crippen LogP) is 7.52. The Morgan fingerprint density at radius 1 is 1.19 bits per heavy atom. The Morgan fingerprint density at radius 3 is 2.51 bits per heavy atom. The van der Waals surface area contributed by atoms with Crippen molar-refractivity contribution in [2.45, 2.75) is 46.5 Å². The number of carboxylic acid groups (broad SMARTS) is 1. The second-order valence-corrected chi connectivity index (χ2v) is 12.0. The molecule has 1 aliphatic carbocycles. The summed E-state index contributed by atoms with van der Waals surface area (Å²) in [5.74, 6) is -1.99. The number of nitrogens with zero attached hydrogens (tertiary/aromatic N) is 1.